The minimum atomic E-state index is -0.963. The predicted octanol–water partition coefficient (Wildman–Crippen LogP) is 3.52. The quantitative estimate of drug-likeness (QED) is 0.719. The molecule has 0 heterocycles. The van der Waals surface area contributed by atoms with Crippen LogP contribution in [0.5, 0.6) is 5.75 Å². The number of phenolic OH excluding ortho intramolecular Hbond substituents is 1. The summed E-state index contributed by atoms with van der Waals surface area (Å²) in [5.74, 6) is 3.98. The van der Waals surface area contributed by atoms with Crippen molar-refractivity contribution in [1.29, 1.82) is 0 Å². The van der Waals surface area contributed by atoms with Gasteiger partial charge in [0.15, 0.2) is 0 Å². The molecule has 22 heavy (non-hydrogen) atoms. The zero-order valence-electron chi connectivity index (χ0n) is 13.0. The number of fused-ring (bicyclic) bond motifs is 5. The highest BCUT2D eigenvalue weighted by Crippen LogP contribution is 2.62. The van der Waals surface area contributed by atoms with Gasteiger partial charge in [-0.2, -0.15) is 0 Å². The number of phenols is 1. The molecular formula is C20H22O2. The summed E-state index contributed by atoms with van der Waals surface area (Å²) in [6.07, 6.45) is 12.6. The highest BCUT2D eigenvalue weighted by atomic mass is 16.3. The Hall–Kier alpha value is -1.72. The van der Waals surface area contributed by atoms with Crippen LogP contribution in [0, 0.1) is 29.6 Å². The zero-order chi connectivity index (χ0) is 15.5. The van der Waals surface area contributed by atoms with Gasteiger partial charge in [-0.3, -0.25) is 0 Å². The fourth-order valence-corrected chi connectivity index (χ4v) is 5.21. The average molecular weight is 294 g/mol. The van der Waals surface area contributed by atoms with Crippen molar-refractivity contribution >= 4 is 5.57 Å². The molecule has 4 rings (SSSR count). The number of rotatable bonds is 0. The first-order chi connectivity index (χ1) is 10.5. The smallest absolute Gasteiger partial charge is 0.131 e. The largest absolute Gasteiger partial charge is 0.508 e. The molecule has 2 N–H and O–H groups in total. The minimum absolute atomic E-state index is 0.204. The van der Waals surface area contributed by atoms with Crippen molar-refractivity contribution in [1.82, 2.24) is 0 Å². The lowest BCUT2D eigenvalue weighted by atomic mass is 9.57. The first-order valence-electron chi connectivity index (χ1n) is 8.21. The van der Waals surface area contributed by atoms with E-state index in [4.69, 9.17) is 6.42 Å². The molecule has 1 aromatic carbocycles. The Bertz CT molecular complexity index is 711. The number of aryl methyl sites for hydroxylation is 1. The van der Waals surface area contributed by atoms with Crippen LogP contribution in [0.3, 0.4) is 0 Å². The molecule has 0 aliphatic heterocycles. The standard InChI is InChI=1S/C20H22O2/c1-3-20(22)11-9-18-17-6-4-13-12-14(21)5-7-15(13)16(17)8-10-19(18,20)2/h1,5,7-8,12,17-18,21-22H,4,6,9-11H2,2H3/t17-,18-,19+,20?/m1/s1. The lowest BCUT2D eigenvalue weighted by molar-refractivity contribution is -0.0299. The Kier molecular flexibility index (Phi) is 2.78. The monoisotopic (exact) mass is 294 g/mol. The van der Waals surface area contributed by atoms with E-state index >= 15 is 0 Å². The topological polar surface area (TPSA) is 40.5 Å². The molecule has 2 heteroatoms. The molecule has 0 radical (unpaired) electrons. The van der Waals surface area contributed by atoms with E-state index in [-0.39, 0.29) is 5.41 Å². The fourth-order valence-electron chi connectivity index (χ4n) is 5.21. The maximum Gasteiger partial charge on any atom is 0.131 e. The number of aliphatic hydroxyl groups is 1. The fraction of sp³-hybridized carbons (Fsp3) is 0.500. The molecule has 0 amide bonds. The number of hydrogen-bond acceptors (Lipinski definition) is 2. The van der Waals surface area contributed by atoms with Crippen molar-refractivity contribution in [3.63, 3.8) is 0 Å². The van der Waals surface area contributed by atoms with Gasteiger partial charge in [-0.1, -0.05) is 25.0 Å². The summed E-state index contributed by atoms with van der Waals surface area (Å²) in [6.45, 7) is 2.17. The van der Waals surface area contributed by atoms with Crippen LogP contribution in [0.25, 0.3) is 5.57 Å². The summed E-state index contributed by atoms with van der Waals surface area (Å²) in [4.78, 5) is 0. The van der Waals surface area contributed by atoms with Crippen LogP contribution in [0.15, 0.2) is 24.3 Å². The van der Waals surface area contributed by atoms with Gasteiger partial charge in [0, 0.05) is 5.41 Å². The maximum atomic E-state index is 10.9. The van der Waals surface area contributed by atoms with Gasteiger partial charge >= 0.3 is 0 Å². The predicted molar refractivity (Wildman–Crippen MR) is 87.1 cm³/mol. The molecule has 1 fully saturated rings. The Labute approximate surface area is 131 Å². The summed E-state index contributed by atoms with van der Waals surface area (Å²) in [5, 5.41) is 20.6. The van der Waals surface area contributed by atoms with Crippen molar-refractivity contribution in [2.24, 2.45) is 17.3 Å². The number of terminal acetylenes is 1. The third kappa shape index (κ3) is 1.61. The van der Waals surface area contributed by atoms with Crippen LogP contribution in [-0.4, -0.2) is 15.8 Å². The van der Waals surface area contributed by atoms with Crippen LogP contribution < -0.4 is 0 Å². The molecule has 4 atom stereocenters. The second-order valence-electron chi connectivity index (χ2n) is 7.42. The van der Waals surface area contributed by atoms with Crippen LogP contribution in [0.4, 0.5) is 0 Å². The average Bonchev–Trinajstić information content (AvgIpc) is 2.79. The van der Waals surface area contributed by atoms with E-state index in [1.54, 1.807) is 6.07 Å². The molecule has 1 saturated carbocycles. The summed E-state index contributed by atoms with van der Waals surface area (Å²) in [6, 6.07) is 5.72. The second-order valence-corrected chi connectivity index (χ2v) is 7.42. The molecule has 2 nitrogen and oxygen atoms in total. The summed E-state index contributed by atoms with van der Waals surface area (Å²) < 4.78 is 0. The number of aromatic hydroxyl groups is 1. The van der Waals surface area contributed by atoms with E-state index in [1.165, 1.54) is 16.7 Å². The van der Waals surface area contributed by atoms with Gasteiger partial charge in [0.25, 0.3) is 0 Å². The third-order valence-electron chi connectivity index (χ3n) is 6.57. The van der Waals surface area contributed by atoms with E-state index < -0.39 is 5.60 Å². The van der Waals surface area contributed by atoms with Crippen LogP contribution in [0.1, 0.15) is 43.7 Å². The third-order valence-corrected chi connectivity index (χ3v) is 6.57. The van der Waals surface area contributed by atoms with Gasteiger partial charge in [-0.15, -0.1) is 6.42 Å². The summed E-state index contributed by atoms with van der Waals surface area (Å²) in [5.41, 5.74) is 2.77. The highest BCUT2D eigenvalue weighted by molar-refractivity contribution is 5.74. The first-order valence-corrected chi connectivity index (χ1v) is 8.21. The number of benzene rings is 1. The highest BCUT2D eigenvalue weighted by Gasteiger charge is 2.59. The lowest BCUT2D eigenvalue weighted by Gasteiger charge is -2.48. The van der Waals surface area contributed by atoms with Crippen molar-refractivity contribution in [3.8, 4) is 18.1 Å². The molecule has 3 aliphatic rings. The van der Waals surface area contributed by atoms with Crippen molar-refractivity contribution < 1.29 is 10.2 Å². The molecule has 0 saturated heterocycles. The van der Waals surface area contributed by atoms with Crippen LogP contribution in [-0.2, 0) is 6.42 Å². The molecule has 0 bridgehead atoms. The van der Waals surface area contributed by atoms with Gasteiger partial charge < -0.3 is 10.2 Å². The molecule has 114 valence electrons. The first kappa shape index (κ1) is 13.9. The normalized spacial score (nSPS) is 39.2. The maximum absolute atomic E-state index is 10.9. The Morgan fingerprint density at radius 3 is 2.91 bits per heavy atom. The lowest BCUT2D eigenvalue weighted by Crippen LogP contribution is -2.47. The molecule has 3 aliphatic carbocycles. The van der Waals surface area contributed by atoms with Gasteiger partial charge in [0.1, 0.15) is 11.4 Å². The minimum Gasteiger partial charge on any atom is -0.508 e. The zero-order valence-corrected chi connectivity index (χ0v) is 13.0. The van der Waals surface area contributed by atoms with E-state index in [1.807, 2.05) is 12.1 Å². The molecule has 0 aromatic heterocycles. The molecule has 1 aromatic rings. The second kappa shape index (κ2) is 4.40. The van der Waals surface area contributed by atoms with E-state index in [9.17, 15) is 10.2 Å². The Morgan fingerprint density at radius 1 is 1.32 bits per heavy atom. The number of hydrogen-bond donors (Lipinski definition) is 2. The van der Waals surface area contributed by atoms with Gasteiger partial charge in [0.05, 0.1) is 0 Å². The SMILES string of the molecule is C#CC1(O)CC[C@@H]2[C@@H]3CCc4cc(O)ccc4C3=CC[C@@]21C. The number of allylic oxidation sites excluding steroid dienone is 2. The van der Waals surface area contributed by atoms with E-state index in [2.05, 4.69) is 18.9 Å². The molecule has 1 unspecified atom stereocenters. The molecular weight excluding hydrogens is 272 g/mol. The Morgan fingerprint density at radius 2 is 2.14 bits per heavy atom. The summed E-state index contributed by atoms with van der Waals surface area (Å²) in [7, 11) is 0. The van der Waals surface area contributed by atoms with Crippen molar-refractivity contribution in [2.45, 2.75) is 44.6 Å². The van der Waals surface area contributed by atoms with Gasteiger partial charge in [0.2, 0.25) is 0 Å². The summed E-state index contributed by atoms with van der Waals surface area (Å²) >= 11 is 0. The van der Waals surface area contributed by atoms with Gasteiger partial charge in [-0.05, 0) is 72.8 Å². The van der Waals surface area contributed by atoms with Crippen molar-refractivity contribution in [2.75, 3.05) is 0 Å². The van der Waals surface area contributed by atoms with Crippen molar-refractivity contribution in [3.05, 3.63) is 35.4 Å². The molecule has 0 spiro atoms. The van der Waals surface area contributed by atoms with Gasteiger partial charge in [-0.25, -0.2) is 0 Å². The van der Waals surface area contributed by atoms with Crippen LogP contribution >= 0.6 is 0 Å². The van der Waals surface area contributed by atoms with E-state index in [0.717, 1.165) is 25.7 Å². The Balaban J connectivity index is 1.80. The van der Waals surface area contributed by atoms with Crippen LogP contribution in [0.2, 0.25) is 0 Å². The van der Waals surface area contributed by atoms with E-state index in [0.29, 0.717) is 24.0 Å².